The van der Waals surface area contributed by atoms with Crippen LogP contribution in [0.5, 0.6) is 0 Å². The Labute approximate surface area is 583 Å². The Morgan fingerprint density at radius 1 is 0.340 bits per heavy atom. The highest BCUT2D eigenvalue weighted by Gasteiger charge is 2.22. The third-order valence-electron chi connectivity index (χ3n) is 17.6. The molecule has 2 unspecified atom stereocenters. The highest BCUT2D eigenvalue weighted by Crippen LogP contribution is 2.38. The number of unbranched alkanes of at least 4 members (excludes halogenated alkanes) is 44. The number of allylic oxidation sites excluding steroid dienone is 16. The smallest absolute Gasteiger partial charge is 0.306 e. The standard InChI is InChI=1S/C84H152NO8P/c1-6-8-10-12-14-16-18-20-22-24-26-28-30-32-34-36-38-39-40-41-42-43-44-45-47-48-50-52-54-56-58-60-62-64-66-68-70-72-74-76-83(86)90-80-82(81-92-94(88,89)91-79-78-85(3,4)5)93-84(87)77-75-73-71-69-67-65-63-61-59-57-55-53-51-49-46-37-35-33-31-29-27-25-23-21-19-17-15-13-11-9-7-2/h9,11,15,17-18,20-21,23-24,26-27,29-30,32-33,35,82H,6-8,10,12-14,16,19,22,25,28,31,34,36-81H2,1-5H3/b11-9-,17-15-,20-18-,23-21-,26-24-,29-27-,32-30-,35-33-. The molecule has 0 amide bonds. The van der Waals surface area contributed by atoms with E-state index < -0.39 is 26.5 Å². The molecule has 0 heterocycles. The molecule has 0 rings (SSSR count). The van der Waals surface area contributed by atoms with E-state index >= 15 is 0 Å². The summed E-state index contributed by atoms with van der Waals surface area (Å²) in [6, 6.07) is 0. The maximum atomic E-state index is 12.9. The minimum atomic E-state index is -4.65. The second-order valence-corrected chi connectivity index (χ2v) is 29.5. The zero-order valence-electron chi connectivity index (χ0n) is 62.4. The van der Waals surface area contributed by atoms with E-state index in [2.05, 4.69) is 111 Å². The van der Waals surface area contributed by atoms with E-state index in [1.54, 1.807) is 0 Å². The van der Waals surface area contributed by atoms with Crippen LogP contribution >= 0.6 is 7.82 Å². The Morgan fingerprint density at radius 2 is 0.606 bits per heavy atom. The van der Waals surface area contributed by atoms with Gasteiger partial charge in [0.2, 0.25) is 0 Å². The maximum absolute atomic E-state index is 12.9. The first-order valence-electron chi connectivity index (χ1n) is 39.9. The van der Waals surface area contributed by atoms with Crippen LogP contribution in [0.4, 0.5) is 0 Å². The normalized spacial score (nSPS) is 13.6. The van der Waals surface area contributed by atoms with Gasteiger partial charge in [-0.3, -0.25) is 14.2 Å². The van der Waals surface area contributed by atoms with Gasteiger partial charge in [0, 0.05) is 12.8 Å². The molecule has 94 heavy (non-hydrogen) atoms. The summed E-state index contributed by atoms with van der Waals surface area (Å²) >= 11 is 0. The van der Waals surface area contributed by atoms with Crippen LogP contribution in [0.15, 0.2) is 97.2 Å². The van der Waals surface area contributed by atoms with Gasteiger partial charge in [0.25, 0.3) is 7.82 Å². The van der Waals surface area contributed by atoms with Gasteiger partial charge in [0.1, 0.15) is 19.8 Å². The second kappa shape index (κ2) is 74.2. The summed E-state index contributed by atoms with van der Waals surface area (Å²) in [5.41, 5.74) is 0. The molecule has 9 nitrogen and oxygen atoms in total. The SMILES string of the molecule is CC/C=C\C/C=C\C/C=C\C/C=C\C/C=C\CCCCCCCCCCCCCCCCCC(=O)OC(COC(=O)CCCCCCCCCCCCCCCCCCCCCCCCCC/C=C\C/C=C\C/C=C\CCCCCCC)COP(=O)([O-])OCC[N+](C)(C)C. The number of hydrogen-bond acceptors (Lipinski definition) is 8. The number of nitrogens with zero attached hydrogens (tertiary/aromatic N) is 1. The Bertz CT molecular complexity index is 1910. The summed E-state index contributed by atoms with van der Waals surface area (Å²) in [4.78, 5) is 38.2. The number of carbonyl (C=O) groups excluding carboxylic acids is 2. The first kappa shape index (κ1) is 90.9. The number of rotatable bonds is 74. The third-order valence-corrected chi connectivity index (χ3v) is 18.6. The number of phosphoric acid groups is 1. The number of quaternary nitrogens is 1. The minimum absolute atomic E-state index is 0.0315. The molecule has 0 radical (unpaired) electrons. The Kier molecular flexibility index (Phi) is 71.7. The van der Waals surface area contributed by atoms with E-state index in [0.29, 0.717) is 17.4 Å². The summed E-state index contributed by atoms with van der Waals surface area (Å²) < 4.78 is 34.4. The largest absolute Gasteiger partial charge is 0.756 e. The molecule has 10 heteroatoms. The topological polar surface area (TPSA) is 111 Å². The van der Waals surface area contributed by atoms with E-state index in [9.17, 15) is 19.0 Å². The fraction of sp³-hybridized carbons (Fsp3) is 0.786. The monoisotopic (exact) mass is 1330 g/mol. The molecule has 546 valence electrons. The summed E-state index contributed by atoms with van der Waals surface area (Å²) in [5, 5.41) is 0. The predicted molar refractivity (Wildman–Crippen MR) is 406 cm³/mol. The Hall–Kier alpha value is -3.07. The molecule has 0 spiro atoms. The average Bonchev–Trinajstić information content (AvgIpc) is 1.66. The first-order chi connectivity index (χ1) is 46.0. The third kappa shape index (κ3) is 77.9. The molecule has 0 bridgehead atoms. The second-order valence-electron chi connectivity index (χ2n) is 28.0. The zero-order chi connectivity index (χ0) is 68.3. The van der Waals surface area contributed by atoms with Gasteiger partial charge in [-0.15, -0.1) is 0 Å². The van der Waals surface area contributed by atoms with Crippen molar-refractivity contribution in [2.75, 3.05) is 47.5 Å². The molecule has 0 aromatic heterocycles. The molecule has 0 aliphatic carbocycles. The summed E-state index contributed by atoms with van der Waals surface area (Å²) in [7, 11) is 1.18. The number of carbonyl (C=O) groups is 2. The van der Waals surface area contributed by atoms with Crippen molar-refractivity contribution >= 4 is 19.8 Å². The summed E-state index contributed by atoms with van der Waals surface area (Å²) in [5.74, 6) is -0.818. The molecule has 2 atom stereocenters. The molecule has 0 aliphatic rings. The van der Waals surface area contributed by atoms with E-state index in [1.165, 1.54) is 257 Å². The molecule has 0 fully saturated rings. The van der Waals surface area contributed by atoms with Crippen LogP contribution in [0, 0.1) is 0 Å². The lowest BCUT2D eigenvalue weighted by atomic mass is 10.0. The molecule has 0 aromatic carbocycles. The van der Waals surface area contributed by atoms with Gasteiger partial charge in [-0.25, -0.2) is 0 Å². The van der Waals surface area contributed by atoms with Crippen LogP contribution in [0.2, 0.25) is 0 Å². The number of likely N-dealkylation sites (N-methyl/N-ethyl adjacent to an activating group) is 1. The lowest BCUT2D eigenvalue weighted by Gasteiger charge is -2.28. The lowest BCUT2D eigenvalue weighted by molar-refractivity contribution is -0.870. The van der Waals surface area contributed by atoms with Crippen LogP contribution in [-0.4, -0.2) is 70.0 Å². The van der Waals surface area contributed by atoms with Gasteiger partial charge in [0.15, 0.2) is 6.10 Å². The minimum Gasteiger partial charge on any atom is -0.756 e. The molecular formula is C84H152NO8P. The van der Waals surface area contributed by atoms with Crippen molar-refractivity contribution in [3.63, 3.8) is 0 Å². The van der Waals surface area contributed by atoms with Gasteiger partial charge in [-0.2, -0.15) is 0 Å². The highest BCUT2D eigenvalue weighted by atomic mass is 31.2. The fourth-order valence-electron chi connectivity index (χ4n) is 11.5. The molecule has 0 aromatic rings. The van der Waals surface area contributed by atoms with Crippen LogP contribution < -0.4 is 4.89 Å². The fourth-order valence-corrected chi connectivity index (χ4v) is 12.2. The lowest BCUT2D eigenvalue weighted by Crippen LogP contribution is -2.37. The molecule has 0 saturated heterocycles. The maximum Gasteiger partial charge on any atom is 0.306 e. The summed E-state index contributed by atoms with van der Waals surface area (Å²) in [6.45, 7) is 4.16. The van der Waals surface area contributed by atoms with Crippen LogP contribution in [0.25, 0.3) is 0 Å². The Morgan fingerprint density at radius 3 is 0.904 bits per heavy atom. The van der Waals surface area contributed by atoms with Gasteiger partial charge < -0.3 is 27.9 Å². The summed E-state index contributed by atoms with van der Waals surface area (Å²) in [6.07, 6.45) is 104. The van der Waals surface area contributed by atoms with Gasteiger partial charge in [0.05, 0.1) is 27.7 Å². The van der Waals surface area contributed by atoms with E-state index in [4.69, 9.17) is 18.5 Å². The average molecular weight is 1340 g/mol. The van der Waals surface area contributed by atoms with Gasteiger partial charge in [-0.1, -0.05) is 361 Å². The van der Waals surface area contributed by atoms with Crippen molar-refractivity contribution in [2.24, 2.45) is 0 Å². The highest BCUT2D eigenvalue weighted by molar-refractivity contribution is 7.45. The van der Waals surface area contributed by atoms with Crippen molar-refractivity contribution in [1.82, 2.24) is 0 Å². The van der Waals surface area contributed by atoms with Crippen molar-refractivity contribution in [1.29, 1.82) is 0 Å². The van der Waals surface area contributed by atoms with Crippen LogP contribution in [0.1, 0.15) is 373 Å². The number of hydrogen-bond donors (Lipinski definition) is 0. The van der Waals surface area contributed by atoms with Crippen molar-refractivity contribution < 1.29 is 42.1 Å². The van der Waals surface area contributed by atoms with Crippen LogP contribution in [-0.2, 0) is 32.7 Å². The van der Waals surface area contributed by atoms with Crippen molar-refractivity contribution in [3.05, 3.63) is 97.2 Å². The van der Waals surface area contributed by atoms with E-state index in [1.807, 2.05) is 21.1 Å². The van der Waals surface area contributed by atoms with Crippen LogP contribution in [0.3, 0.4) is 0 Å². The molecule has 0 aliphatic heterocycles. The molecular weight excluding hydrogens is 1180 g/mol. The van der Waals surface area contributed by atoms with Gasteiger partial charge in [-0.05, 0) is 96.3 Å². The predicted octanol–water partition coefficient (Wildman–Crippen LogP) is 26.0. The van der Waals surface area contributed by atoms with E-state index in [0.717, 1.165) is 83.5 Å². The number of phosphoric ester groups is 1. The Balaban J connectivity index is 3.93. The van der Waals surface area contributed by atoms with Crippen molar-refractivity contribution in [3.8, 4) is 0 Å². The van der Waals surface area contributed by atoms with Crippen molar-refractivity contribution in [2.45, 2.75) is 380 Å². The number of esters is 2. The molecule has 0 N–H and O–H groups in total. The van der Waals surface area contributed by atoms with E-state index in [-0.39, 0.29) is 32.0 Å². The number of ether oxygens (including phenoxy) is 2. The quantitative estimate of drug-likeness (QED) is 0.0195. The molecule has 0 saturated carbocycles. The van der Waals surface area contributed by atoms with Gasteiger partial charge >= 0.3 is 11.9 Å². The zero-order valence-corrected chi connectivity index (χ0v) is 63.3. The first-order valence-corrected chi connectivity index (χ1v) is 41.4.